The molecule has 0 aliphatic carbocycles. The summed E-state index contributed by atoms with van der Waals surface area (Å²) in [6.45, 7) is 10.2. The molecule has 3 heterocycles. The van der Waals surface area contributed by atoms with E-state index in [1.165, 1.54) is 0 Å². The van der Waals surface area contributed by atoms with Crippen molar-refractivity contribution in [2.45, 2.75) is 102 Å². The van der Waals surface area contributed by atoms with E-state index in [9.17, 15) is 19.8 Å². The SMILES string of the molecule is CCOc1ccc2c(c1)CC(NCCCCO)C(=O)N2c1cccc(CC[C@H]2O[C@@H](CCn3cc(CCO)nn3)[C@H]([Si](C)(C)O)[C@H]2C)c1. The van der Waals surface area contributed by atoms with Gasteiger partial charge in [-0.2, -0.15) is 0 Å². The summed E-state index contributed by atoms with van der Waals surface area (Å²) in [4.78, 5) is 27.1. The molecule has 5 rings (SSSR count). The Kier molecular flexibility index (Phi) is 12.4. The van der Waals surface area contributed by atoms with Crippen molar-refractivity contribution in [1.29, 1.82) is 0 Å². The van der Waals surface area contributed by atoms with E-state index in [1.54, 1.807) is 4.68 Å². The molecule has 2 aromatic carbocycles. The summed E-state index contributed by atoms with van der Waals surface area (Å²) < 4.78 is 14.3. The smallest absolute Gasteiger partial charge is 0.249 e. The van der Waals surface area contributed by atoms with Gasteiger partial charge in [-0.3, -0.25) is 14.4 Å². The minimum absolute atomic E-state index is 0.00473. The number of hydrogen-bond donors (Lipinski definition) is 4. The van der Waals surface area contributed by atoms with Crippen LogP contribution in [0.3, 0.4) is 0 Å². The Bertz CT molecular complexity index is 1500. The largest absolute Gasteiger partial charge is 0.494 e. The number of carbonyl (C=O) groups excluding carboxylic acids is 1. The monoisotopic (exact) mass is 679 g/mol. The first-order valence-electron chi connectivity index (χ1n) is 17.5. The third-order valence-electron chi connectivity index (χ3n) is 9.72. The van der Waals surface area contributed by atoms with Gasteiger partial charge in [-0.1, -0.05) is 24.3 Å². The van der Waals surface area contributed by atoms with Crippen LogP contribution in [0.4, 0.5) is 11.4 Å². The van der Waals surface area contributed by atoms with Crippen molar-refractivity contribution in [3.63, 3.8) is 0 Å². The van der Waals surface area contributed by atoms with E-state index in [0.29, 0.717) is 39.0 Å². The minimum Gasteiger partial charge on any atom is -0.494 e. The second-order valence-electron chi connectivity index (χ2n) is 13.7. The lowest BCUT2D eigenvalue weighted by atomic mass is 9.94. The average molecular weight is 680 g/mol. The van der Waals surface area contributed by atoms with E-state index in [1.807, 2.05) is 61.4 Å². The van der Waals surface area contributed by atoms with Crippen LogP contribution in [-0.4, -0.2) is 88.8 Å². The average Bonchev–Trinajstić information content (AvgIpc) is 3.64. The van der Waals surface area contributed by atoms with Crippen molar-refractivity contribution < 1.29 is 29.3 Å². The quantitative estimate of drug-likeness (QED) is 0.122. The summed E-state index contributed by atoms with van der Waals surface area (Å²) in [5.74, 6) is 1.01. The van der Waals surface area contributed by atoms with E-state index in [4.69, 9.17) is 9.47 Å². The number of fused-ring (bicyclic) bond motifs is 1. The number of unbranched alkanes of at least 4 members (excludes halogenated alkanes) is 1. The van der Waals surface area contributed by atoms with Gasteiger partial charge in [0.25, 0.3) is 0 Å². The summed E-state index contributed by atoms with van der Waals surface area (Å²) >= 11 is 0. The van der Waals surface area contributed by atoms with Gasteiger partial charge in [0, 0.05) is 43.6 Å². The number of nitrogens with zero attached hydrogens (tertiary/aromatic N) is 4. The maximum Gasteiger partial charge on any atom is 0.249 e. The van der Waals surface area contributed by atoms with Gasteiger partial charge < -0.3 is 29.8 Å². The van der Waals surface area contributed by atoms with Crippen LogP contribution in [0, 0.1) is 5.92 Å². The van der Waals surface area contributed by atoms with Gasteiger partial charge in [0.1, 0.15) is 5.75 Å². The maximum absolute atomic E-state index is 14.0. The van der Waals surface area contributed by atoms with E-state index in [-0.39, 0.29) is 48.8 Å². The van der Waals surface area contributed by atoms with Crippen molar-refractivity contribution in [1.82, 2.24) is 20.3 Å². The zero-order valence-electron chi connectivity index (χ0n) is 28.8. The van der Waals surface area contributed by atoms with Gasteiger partial charge in [0.05, 0.1) is 36.2 Å². The first kappa shape index (κ1) is 36.2. The predicted molar refractivity (Wildman–Crippen MR) is 188 cm³/mol. The number of benzene rings is 2. The third kappa shape index (κ3) is 8.71. The summed E-state index contributed by atoms with van der Waals surface area (Å²) in [5, 5.41) is 30.2. The van der Waals surface area contributed by atoms with Crippen molar-refractivity contribution in [3.8, 4) is 5.75 Å². The Morgan fingerprint density at radius 1 is 1.06 bits per heavy atom. The molecule has 0 spiro atoms. The first-order chi connectivity index (χ1) is 23.1. The van der Waals surface area contributed by atoms with Crippen molar-refractivity contribution in [3.05, 3.63) is 65.5 Å². The molecule has 1 unspecified atom stereocenters. The highest BCUT2D eigenvalue weighted by Gasteiger charge is 2.49. The highest BCUT2D eigenvalue weighted by Crippen LogP contribution is 2.46. The van der Waals surface area contributed by atoms with Crippen LogP contribution in [0.25, 0.3) is 0 Å². The number of ether oxygens (including phenoxy) is 2. The molecule has 1 fully saturated rings. The lowest BCUT2D eigenvalue weighted by Gasteiger charge is -2.35. The van der Waals surface area contributed by atoms with Crippen LogP contribution >= 0.6 is 0 Å². The van der Waals surface area contributed by atoms with Crippen LogP contribution in [0.1, 0.15) is 56.4 Å². The molecule has 11 nitrogen and oxygen atoms in total. The number of amides is 1. The van der Waals surface area contributed by atoms with Gasteiger partial charge >= 0.3 is 0 Å². The lowest BCUT2D eigenvalue weighted by Crippen LogP contribution is -2.49. The highest BCUT2D eigenvalue weighted by molar-refractivity contribution is 6.71. The second-order valence-corrected chi connectivity index (χ2v) is 17.7. The first-order valence-corrected chi connectivity index (χ1v) is 20.6. The number of anilines is 2. The van der Waals surface area contributed by atoms with Gasteiger partial charge in [0.15, 0.2) is 8.32 Å². The fourth-order valence-corrected chi connectivity index (χ4v) is 10.2. The molecule has 1 amide bonds. The fourth-order valence-electron chi connectivity index (χ4n) is 7.50. The van der Waals surface area contributed by atoms with Gasteiger partial charge in [-0.25, -0.2) is 0 Å². The highest BCUT2D eigenvalue weighted by atomic mass is 28.4. The molecule has 2 aliphatic rings. The van der Waals surface area contributed by atoms with Gasteiger partial charge in [0.2, 0.25) is 5.91 Å². The molecule has 48 heavy (non-hydrogen) atoms. The van der Waals surface area contributed by atoms with Gasteiger partial charge in [-0.05, 0) is 112 Å². The number of aryl methyl sites for hydroxylation is 2. The van der Waals surface area contributed by atoms with E-state index in [0.717, 1.165) is 59.6 Å². The van der Waals surface area contributed by atoms with Crippen molar-refractivity contribution in [2.75, 3.05) is 31.3 Å². The molecule has 12 heteroatoms. The molecule has 5 atom stereocenters. The Labute approximate surface area is 285 Å². The molecule has 262 valence electrons. The summed E-state index contributed by atoms with van der Waals surface area (Å²) in [5.41, 5.74) is 4.75. The fraction of sp³-hybridized carbons (Fsp3) is 0.583. The molecular formula is C36H53N5O6Si. The molecule has 0 radical (unpaired) electrons. The van der Waals surface area contributed by atoms with Crippen LogP contribution in [0.2, 0.25) is 18.6 Å². The number of carbonyl (C=O) groups is 1. The standard InChI is InChI=1S/C36H53N5O6Si/c1-5-46-30-12-13-32-27(22-30)23-31(37-17-6-7-19-42)36(44)41(32)29-10-8-9-26(21-29)11-14-33-25(2)35(48(3,4)45)34(47-33)15-18-40-24-28(16-20-43)38-39-40/h8-10,12-13,21-22,24-25,31,33-35,37,42-43,45H,5-7,11,14-20,23H2,1-4H3/t25-,31?,33+,34-,35+/m0/s1. The number of aliphatic hydroxyl groups is 2. The number of rotatable bonds is 17. The Hall–Kier alpha value is -3.13. The molecule has 2 aliphatic heterocycles. The molecule has 1 saturated heterocycles. The number of nitrogens with one attached hydrogen (secondary N) is 1. The molecule has 4 N–H and O–H groups in total. The maximum atomic E-state index is 14.0. The van der Waals surface area contributed by atoms with E-state index >= 15 is 0 Å². The molecule has 0 saturated carbocycles. The van der Waals surface area contributed by atoms with Crippen molar-refractivity contribution >= 4 is 25.6 Å². The van der Waals surface area contributed by atoms with Crippen LogP contribution < -0.4 is 15.0 Å². The summed E-state index contributed by atoms with van der Waals surface area (Å²) in [6.07, 6.45) is 6.68. The molecule has 0 bridgehead atoms. The van der Waals surface area contributed by atoms with Crippen LogP contribution in [0.5, 0.6) is 5.75 Å². The molecular weight excluding hydrogens is 627 g/mol. The number of aliphatic hydroxyl groups excluding tert-OH is 2. The van der Waals surface area contributed by atoms with E-state index in [2.05, 4.69) is 34.7 Å². The second kappa shape index (κ2) is 16.5. The summed E-state index contributed by atoms with van der Waals surface area (Å²) in [7, 11) is -2.52. The minimum atomic E-state index is -2.52. The third-order valence-corrected chi connectivity index (χ3v) is 12.3. The van der Waals surface area contributed by atoms with Crippen LogP contribution in [-0.2, 0) is 35.3 Å². The van der Waals surface area contributed by atoms with Crippen LogP contribution in [0.15, 0.2) is 48.7 Å². The Morgan fingerprint density at radius 2 is 1.90 bits per heavy atom. The number of hydrogen-bond acceptors (Lipinski definition) is 9. The van der Waals surface area contributed by atoms with E-state index < -0.39 is 8.32 Å². The summed E-state index contributed by atoms with van der Waals surface area (Å²) in [6, 6.07) is 13.8. The van der Waals surface area contributed by atoms with Crippen molar-refractivity contribution in [2.24, 2.45) is 5.92 Å². The zero-order chi connectivity index (χ0) is 34.3. The Morgan fingerprint density at radius 3 is 2.65 bits per heavy atom. The molecule has 1 aromatic heterocycles. The lowest BCUT2D eigenvalue weighted by molar-refractivity contribution is -0.120. The van der Waals surface area contributed by atoms with Gasteiger partial charge in [-0.15, -0.1) is 5.10 Å². The molecule has 3 aromatic rings. The Balaban J connectivity index is 1.30. The number of aromatic nitrogens is 3. The predicted octanol–water partition coefficient (Wildman–Crippen LogP) is 4.16. The zero-order valence-corrected chi connectivity index (χ0v) is 29.8. The topological polar surface area (TPSA) is 142 Å². The normalized spacial score (nSPS) is 22.7.